The smallest absolute Gasteiger partial charge is 0.293 e. The van der Waals surface area contributed by atoms with Crippen LogP contribution in [0.2, 0.25) is 0 Å². The van der Waals surface area contributed by atoms with Gasteiger partial charge in [-0.3, -0.25) is 14.8 Å². The first-order chi connectivity index (χ1) is 12.8. The molecule has 0 aliphatic rings. The molecule has 132 valence electrons. The number of aromatic nitrogens is 2. The number of hydrogen-bond acceptors (Lipinski definition) is 3. The maximum absolute atomic E-state index is 12.9. The van der Waals surface area contributed by atoms with Crippen LogP contribution in [0, 0.1) is 12.1 Å². The Balaban J connectivity index is 0.00000210. The van der Waals surface area contributed by atoms with Gasteiger partial charge in [0.05, 0.1) is 0 Å². The van der Waals surface area contributed by atoms with Gasteiger partial charge in [-0.25, -0.2) is 0 Å². The molecule has 4 heteroatoms. The van der Waals surface area contributed by atoms with Crippen molar-refractivity contribution in [3.63, 3.8) is 0 Å². The fraction of sp³-hybridized carbons (Fsp3) is 0. The van der Waals surface area contributed by atoms with Crippen LogP contribution < -0.4 is 0 Å². The van der Waals surface area contributed by atoms with Crippen LogP contribution in [0.15, 0.2) is 84.9 Å². The summed E-state index contributed by atoms with van der Waals surface area (Å²) in [4.78, 5) is 21.9. The van der Waals surface area contributed by atoms with Crippen molar-refractivity contribution < 1.29 is 25.9 Å². The Morgan fingerprint density at radius 3 is 1.52 bits per heavy atom. The first-order valence-electron chi connectivity index (χ1n) is 8.24. The van der Waals surface area contributed by atoms with Gasteiger partial charge in [-0.05, 0) is 23.5 Å². The van der Waals surface area contributed by atoms with E-state index in [0.717, 1.165) is 11.1 Å². The van der Waals surface area contributed by atoms with Crippen molar-refractivity contribution in [2.24, 2.45) is 0 Å². The van der Waals surface area contributed by atoms with Crippen molar-refractivity contribution in [1.82, 2.24) is 9.97 Å². The maximum Gasteiger partial charge on any atom is 2.00 e. The van der Waals surface area contributed by atoms with Crippen molar-refractivity contribution in [2.45, 2.75) is 0 Å². The summed E-state index contributed by atoms with van der Waals surface area (Å²) < 4.78 is 0. The van der Waals surface area contributed by atoms with Gasteiger partial charge in [-0.1, -0.05) is 24.3 Å². The molecule has 2 aromatic heterocycles. The van der Waals surface area contributed by atoms with Gasteiger partial charge in [-0.2, -0.15) is 0 Å². The second-order valence-corrected chi connectivity index (χ2v) is 5.70. The second-order valence-electron chi connectivity index (χ2n) is 5.70. The van der Waals surface area contributed by atoms with Crippen molar-refractivity contribution >= 4 is 5.78 Å². The Morgan fingerprint density at radius 1 is 0.630 bits per heavy atom. The fourth-order valence-electron chi connectivity index (χ4n) is 2.66. The molecule has 3 nitrogen and oxygen atoms in total. The van der Waals surface area contributed by atoms with E-state index in [1.807, 2.05) is 72.8 Å². The standard InChI is InChI=1S/C23H14N2O.Pt/c26-23(21-15-7-13-19(24-21)17-9-3-1-4-10-17)22-16-8-14-20(25-22)18-11-5-2-6-12-18;/h1-9,11,13-16H;/q-2;+2. The van der Waals surface area contributed by atoms with Crippen LogP contribution in [0.4, 0.5) is 0 Å². The maximum atomic E-state index is 12.9. The fourth-order valence-corrected chi connectivity index (χ4v) is 2.66. The SMILES string of the molecule is O=C(c1cccc(-c2[c-]cccc2)n1)c1cccc(-c2[c-]cccc2)n1.[Pt+2]. The van der Waals surface area contributed by atoms with Crippen molar-refractivity contribution in [3.8, 4) is 22.5 Å². The van der Waals surface area contributed by atoms with Crippen LogP contribution >= 0.6 is 0 Å². The van der Waals surface area contributed by atoms with Crippen molar-refractivity contribution in [1.29, 1.82) is 0 Å². The van der Waals surface area contributed by atoms with Gasteiger partial charge in [0.1, 0.15) is 11.4 Å². The molecule has 0 amide bonds. The van der Waals surface area contributed by atoms with Gasteiger partial charge in [0, 0.05) is 0 Å². The minimum absolute atomic E-state index is 0. The van der Waals surface area contributed by atoms with Gasteiger partial charge in [0.2, 0.25) is 5.78 Å². The van der Waals surface area contributed by atoms with E-state index in [1.54, 1.807) is 12.1 Å². The number of hydrogen-bond donors (Lipinski definition) is 0. The third-order valence-corrected chi connectivity index (χ3v) is 3.93. The number of nitrogens with zero attached hydrogens (tertiary/aromatic N) is 2. The zero-order valence-corrected chi connectivity index (χ0v) is 16.5. The van der Waals surface area contributed by atoms with E-state index in [1.165, 1.54) is 0 Å². The molecular formula is C23H14N2OPt. The molecule has 0 atom stereocenters. The summed E-state index contributed by atoms with van der Waals surface area (Å²) in [6.45, 7) is 0. The number of rotatable bonds is 4. The molecule has 0 N–H and O–H groups in total. The predicted molar refractivity (Wildman–Crippen MR) is 100 cm³/mol. The molecule has 4 rings (SSSR count). The summed E-state index contributed by atoms with van der Waals surface area (Å²) in [6.07, 6.45) is 0. The van der Waals surface area contributed by atoms with Gasteiger partial charge in [0.15, 0.2) is 0 Å². The van der Waals surface area contributed by atoms with Gasteiger partial charge in [-0.15, -0.1) is 71.8 Å². The Hall–Kier alpha value is -2.90. The average molecular weight is 529 g/mol. The normalized spacial score (nSPS) is 10.1. The monoisotopic (exact) mass is 529 g/mol. The van der Waals surface area contributed by atoms with E-state index < -0.39 is 0 Å². The van der Waals surface area contributed by atoms with E-state index in [-0.39, 0.29) is 26.8 Å². The Labute approximate surface area is 172 Å². The number of benzene rings is 2. The molecule has 0 aliphatic heterocycles. The number of ketones is 1. The van der Waals surface area contributed by atoms with E-state index >= 15 is 0 Å². The van der Waals surface area contributed by atoms with E-state index in [0.29, 0.717) is 22.8 Å². The molecule has 2 heterocycles. The largest absolute Gasteiger partial charge is 2.00 e. The van der Waals surface area contributed by atoms with E-state index in [9.17, 15) is 4.79 Å². The van der Waals surface area contributed by atoms with Crippen LogP contribution in [-0.2, 0) is 21.1 Å². The third-order valence-electron chi connectivity index (χ3n) is 3.93. The summed E-state index contributed by atoms with van der Waals surface area (Å²) in [5.41, 5.74) is 3.85. The average Bonchev–Trinajstić information content (AvgIpc) is 2.75. The van der Waals surface area contributed by atoms with Gasteiger partial charge >= 0.3 is 21.1 Å². The Kier molecular flexibility index (Phi) is 6.05. The molecule has 27 heavy (non-hydrogen) atoms. The molecule has 0 saturated carbocycles. The Morgan fingerprint density at radius 2 is 1.11 bits per heavy atom. The summed E-state index contributed by atoms with van der Waals surface area (Å²) in [5, 5.41) is 0. The van der Waals surface area contributed by atoms with Gasteiger partial charge < -0.3 is 0 Å². The molecule has 0 bridgehead atoms. The summed E-state index contributed by atoms with van der Waals surface area (Å²) in [5.74, 6) is -0.208. The summed E-state index contributed by atoms with van der Waals surface area (Å²) in [7, 11) is 0. The van der Waals surface area contributed by atoms with Crippen LogP contribution in [0.5, 0.6) is 0 Å². The predicted octanol–water partition coefficient (Wildman–Crippen LogP) is 4.64. The first kappa shape index (κ1) is 18.9. The minimum Gasteiger partial charge on any atom is -0.293 e. The topological polar surface area (TPSA) is 42.9 Å². The van der Waals surface area contributed by atoms with E-state index in [4.69, 9.17) is 0 Å². The zero-order chi connectivity index (χ0) is 17.8. The molecule has 0 unspecified atom stereocenters. The van der Waals surface area contributed by atoms with Gasteiger partial charge in [0.25, 0.3) is 0 Å². The molecule has 0 spiro atoms. The van der Waals surface area contributed by atoms with Crippen molar-refractivity contribution in [2.75, 3.05) is 0 Å². The zero-order valence-electron chi connectivity index (χ0n) is 14.2. The minimum atomic E-state index is -0.208. The number of carbonyl (C=O) groups excluding carboxylic acids is 1. The molecular weight excluding hydrogens is 515 g/mol. The summed E-state index contributed by atoms with van der Waals surface area (Å²) >= 11 is 0. The first-order valence-corrected chi connectivity index (χ1v) is 8.24. The number of carbonyl (C=O) groups is 1. The molecule has 4 aromatic rings. The molecule has 2 aromatic carbocycles. The summed E-state index contributed by atoms with van der Waals surface area (Å²) in [6, 6.07) is 32.2. The Bertz CT molecular complexity index is 965. The number of pyridine rings is 2. The molecule has 0 radical (unpaired) electrons. The van der Waals surface area contributed by atoms with Crippen LogP contribution in [0.25, 0.3) is 22.5 Å². The molecule has 0 aliphatic carbocycles. The van der Waals surface area contributed by atoms with Crippen molar-refractivity contribution in [3.05, 3.63) is 108 Å². The third kappa shape index (κ3) is 4.27. The quantitative estimate of drug-likeness (QED) is 0.286. The molecule has 0 fully saturated rings. The van der Waals surface area contributed by atoms with Crippen LogP contribution in [-0.4, -0.2) is 15.8 Å². The molecule has 0 saturated heterocycles. The second kappa shape index (κ2) is 8.66. The van der Waals surface area contributed by atoms with Crippen LogP contribution in [0.1, 0.15) is 16.2 Å². The van der Waals surface area contributed by atoms with E-state index in [2.05, 4.69) is 22.1 Å². The van der Waals surface area contributed by atoms with Crippen LogP contribution in [0.3, 0.4) is 0 Å².